The van der Waals surface area contributed by atoms with Crippen molar-refractivity contribution in [2.75, 3.05) is 0 Å². The molecule has 0 fully saturated rings. The Hall–Kier alpha value is -0.860. The first kappa shape index (κ1) is 23.1. The number of allylic oxidation sites excluding steroid dienone is 2. The molecular formula is C22H41NO. The summed E-state index contributed by atoms with van der Waals surface area (Å²) in [4.78, 5) is 0. The van der Waals surface area contributed by atoms with Gasteiger partial charge in [0.05, 0.1) is 11.1 Å². The zero-order valence-electron chi connectivity index (χ0n) is 18.0. The summed E-state index contributed by atoms with van der Waals surface area (Å²) in [6, 6.07) is 0. The van der Waals surface area contributed by atoms with Gasteiger partial charge in [-0.05, 0) is 51.2 Å². The van der Waals surface area contributed by atoms with E-state index in [0.29, 0.717) is 0 Å². The Kier molecular flexibility index (Phi) is 8.18. The van der Waals surface area contributed by atoms with Gasteiger partial charge in [-0.2, -0.15) is 5.06 Å². The van der Waals surface area contributed by atoms with Crippen molar-refractivity contribution in [3.05, 3.63) is 35.5 Å². The van der Waals surface area contributed by atoms with Gasteiger partial charge in [0.25, 0.3) is 0 Å². The number of nitrogens with zero attached hydrogens (tertiary/aromatic N) is 1. The van der Waals surface area contributed by atoms with E-state index < -0.39 is 0 Å². The summed E-state index contributed by atoms with van der Waals surface area (Å²) in [7, 11) is 0. The minimum Gasteiger partial charge on any atom is -0.312 e. The third-order valence-electron chi connectivity index (χ3n) is 4.69. The molecule has 0 saturated heterocycles. The molecule has 0 saturated carbocycles. The minimum atomic E-state index is -0.335. The van der Waals surface area contributed by atoms with Crippen LogP contribution in [0.2, 0.25) is 0 Å². The molecule has 0 aromatic carbocycles. The Labute approximate surface area is 151 Å². The Bertz CT molecular complexity index is 453. The highest BCUT2D eigenvalue weighted by Crippen LogP contribution is 2.47. The summed E-state index contributed by atoms with van der Waals surface area (Å²) in [6.07, 6.45) is 10.0. The van der Waals surface area contributed by atoms with E-state index in [-0.39, 0.29) is 16.5 Å². The van der Waals surface area contributed by atoms with Crippen LogP contribution >= 0.6 is 0 Å². The topological polar surface area (TPSA) is 23.5 Å². The van der Waals surface area contributed by atoms with Crippen molar-refractivity contribution in [2.24, 2.45) is 11.3 Å². The fraction of sp³-hybridized carbons (Fsp3) is 0.727. The molecule has 2 aliphatic rings. The molecule has 0 bridgehead atoms. The molecule has 0 radical (unpaired) electrons. The van der Waals surface area contributed by atoms with Crippen molar-refractivity contribution >= 4 is 0 Å². The van der Waals surface area contributed by atoms with Crippen LogP contribution in [0, 0.1) is 11.3 Å². The van der Waals surface area contributed by atoms with E-state index in [9.17, 15) is 5.21 Å². The van der Waals surface area contributed by atoms with E-state index >= 15 is 0 Å². The van der Waals surface area contributed by atoms with Crippen molar-refractivity contribution < 1.29 is 5.21 Å². The molecule has 1 aliphatic carbocycles. The van der Waals surface area contributed by atoms with Gasteiger partial charge in [-0.15, -0.1) is 0 Å². The summed E-state index contributed by atoms with van der Waals surface area (Å²) in [6.45, 7) is 23.3. The highest BCUT2D eigenvalue weighted by Gasteiger charge is 2.49. The van der Waals surface area contributed by atoms with Crippen molar-refractivity contribution in [2.45, 2.75) is 93.7 Å². The van der Waals surface area contributed by atoms with Gasteiger partial charge in [-0.3, -0.25) is 0 Å². The zero-order valence-corrected chi connectivity index (χ0v) is 18.0. The SMILES string of the molecule is CC.CC(C)C.CCC1(C)C=CC2=C(C=C1)C(C)(C)N(O)C2(C)C. The third-order valence-corrected chi connectivity index (χ3v) is 4.69. The van der Waals surface area contributed by atoms with E-state index in [0.717, 1.165) is 12.3 Å². The summed E-state index contributed by atoms with van der Waals surface area (Å²) >= 11 is 0. The molecule has 0 unspecified atom stereocenters. The van der Waals surface area contributed by atoms with Gasteiger partial charge in [-0.25, -0.2) is 0 Å². The van der Waals surface area contributed by atoms with Crippen LogP contribution in [0.15, 0.2) is 35.5 Å². The normalized spacial score (nSPS) is 23.0. The molecule has 2 heteroatoms. The molecule has 1 heterocycles. The van der Waals surface area contributed by atoms with Gasteiger partial charge in [0.2, 0.25) is 0 Å². The van der Waals surface area contributed by atoms with Gasteiger partial charge in [0, 0.05) is 5.41 Å². The van der Waals surface area contributed by atoms with Gasteiger partial charge < -0.3 is 5.21 Å². The Morgan fingerprint density at radius 2 is 1.17 bits per heavy atom. The minimum absolute atomic E-state index is 0.122. The predicted octanol–water partition coefficient (Wildman–Crippen LogP) is 6.78. The van der Waals surface area contributed by atoms with E-state index in [2.05, 4.69) is 86.6 Å². The number of rotatable bonds is 1. The first-order valence-electron chi connectivity index (χ1n) is 9.51. The molecule has 1 aliphatic heterocycles. The lowest BCUT2D eigenvalue weighted by Gasteiger charge is -2.37. The van der Waals surface area contributed by atoms with Gasteiger partial charge in [0.15, 0.2) is 0 Å². The van der Waals surface area contributed by atoms with E-state index in [1.54, 1.807) is 0 Å². The lowest BCUT2D eigenvalue weighted by atomic mass is 9.86. The second kappa shape index (κ2) is 8.49. The molecule has 0 atom stereocenters. The standard InChI is InChI=1S/C16H25NO.C4H10.C2H6/c1-7-16(6)10-8-12-13(9-11-16)15(4,5)17(18)14(12,2)3;1-4(2)3;1-2/h8-11,18H,7H2,1-6H3;4H,1-3H3;1-2H3. The lowest BCUT2D eigenvalue weighted by Crippen LogP contribution is -2.48. The maximum Gasteiger partial charge on any atom is 0.0665 e. The quantitative estimate of drug-likeness (QED) is 0.571. The average Bonchev–Trinajstić information content (AvgIpc) is 2.64. The molecule has 24 heavy (non-hydrogen) atoms. The zero-order chi connectivity index (χ0) is 19.3. The van der Waals surface area contributed by atoms with Gasteiger partial charge in [0.1, 0.15) is 0 Å². The monoisotopic (exact) mass is 335 g/mol. The molecule has 2 nitrogen and oxygen atoms in total. The van der Waals surface area contributed by atoms with E-state index in [1.165, 1.54) is 16.2 Å². The van der Waals surface area contributed by atoms with Crippen LogP contribution in [0.25, 0.3) is 0 Å². The van der Waals surface area contributed by atoms with Gasteiger partial charge >= 0.3 is 0 Å². The largest absolute Gasteiger partial charge is 0.312 e. The van der Waals surface area contributed by atoms with Crippen LogP contribution in [0.5, 0.6) is 0 Å². The summed E-state index contributed by atoms with van der Waals surface area (Å²) in [5.41, 5.74) is 1.90. The average molecular weight is 336 g/mol. The summed E-state index contributed by atoms with van der Waals surface area (Å²) < 4.78 is 0. The molecule has 0 spiro atoms. The molecule has 0 amide bonds. The molecule has 1 N–H and O–H groups in total. The maximum atomic E-state index is 10.4. The second-order valence-corrected chi connectivity index (χ2v) is 8.52. The lowest BCUT2D eigenvalue weighted by molar-refractivity contribution is -0.186. The fourth-order valence-corrected chi connectivity index (χ4v) is 3.01. The molecule has 0 aromatic rings. The fourth-order valence-electron chi connectivity index (χ4n) is 3.01. The first-order chi connectivity index (χ1) is 10.9. The van der Waals surface area contributed by atoms with Crippen molar-refractivity contribution in [3.8, 4) is 0 Å². The Morgan fingerprint density at radius 3 is 1.42 bits per heavy atom. The third kappa shape index (κ3) is 4.83. The van der Waals surface area contributed by atoms with Crippen LogP contribution in [0.4, 0.5) is 0 Å². The van der Waals surface area contributed by atoms with Crippen LogP contribution < -0.4 is 0 Å². The Balaban J connectivity index is 0.000000773. The molecule has 2 rings (SSSR count). The van der Waals surface area contributed by atoms with Crippen molar-refractivity contribution in [1.82, 2.24) is 5.06 Å². The molecule has 140 valence electrons. The summed E-state index contributed by atoms with van der Waals surface area (Å²) in [5, 5.41) is 11.9. The van der Waals surface area contributed by atoms with Crippen molar-refractivity contribution in [3.63, 3.8) is 0 Å². The van der Waals surface area contributed by atoms with Crippen molar-refractivity contribution in [1.29, 1.82) is 0 Å². The highest BCUT2D eigenvalue weighted by molar-refractivity contribution is 5.52. The highest BCUT2D eigenvalue weighted by atomic mass is 16.5. The molecular weight excluding hydrogens is 294 g/mol. The van der Waals surface area contributed by atoms with E-state index in [1.807, 2.05) is 13.8 Å². The Morgan fingerprint density at radius 1 is 0.875 bits per heavy atom. The van der Waals surface area contributed by atoms with Crippen LogP contribution in [-0.4, -0.2) is 21.3 Å². The first-order valence-corrected chi connectivity index (χ1v) is 9.51. The van der Waals surface area contributed by atoms with Crippen LogP contribution in [0.3, 0.4) is 0 Å². The maximum absolute atomic E-state index is 10.4. The predicted molar refractivity (Wildman–Crippen MR) is 107 cm³/mol. The van der Waals surface area contributed by atoms with Crippen LogP contribution in [0.1, 0.15) is 82.6 Å². The number of hydroxylamine groups is 2. The smallest absolute Gasteiger partial charge is 0.0665 e. The second-order valence-electron chi connectivity index (χ2n) is 8.52. The molecule has 0 aromatic heterocycles. The summed E-state index contributed by atoms with van der Waals surface area (Å²) in [5.74, 6) is 0.833. The van der Waals surface area contributed by atoms with Crippen LogP contribution in [-0.2, 0) is 0 Å². The number of hydrogen-bond acceptors (Lipinski definition) is 2. The van der Waals surface area contributed by atoms with E-state index in [4.69, 9.17) is 0 Å². The number of hydrogen-bond donors (Lipinski definition) is 1. The van der Waals surface area contributed by atoms with Gasteiger partial charge in [-0.1, -0.05) is 72.8 Å².